The molecule has 2 aliphatic rings. The van der Waals surface area contributed by atoms with E-state index in [-0.39, 0.29) is 18.0 Å². The SMILES string of the molecule is CCCN(CCC)C(=O)C1=Cc2ccc(-c3ccc(C(=O)N4CC[C@@H](O)C4)cc3)cc2NC(N)C1. The van der Waals surface area contributed by atoms with Gasteiger partial charge >= 0.3 is 0 Å². The molecule has 0 saturated carbocycles. The number of aliphatic hydroxyl groups is 1. The van der Waals surface area contributed by atoms with Crippen LogP contribution in [0, 0.1) is 0 Å². The van der Waals surface area contributed by atoms with Crippen molar-refractivity contribution in [1.82, 2.24) is 9.80 Å². The van der Waals surface area contributed by atoms with Crippen molar-refractivity contribution >= 4 is 23.6 Å². The zero-order valence-electron chi connectivity index (χ0n) is 20.7. The molecule has 4 rings (SSSR count). The molecular formula is C28H36N4O3. The summed E-state index contributed by atoms with van der Waals surface area (Å²) in [6, 6.07) is 13.6. The molecule has 0 radical (unpaired) electrons. The molecule has 2 aliphatic heterocycles. The van der Waals surface area contributed by atoms with E-state index < -0.39 is 6.10 Å². The van der Waals surface area contributed by atoms with Crippen LogP contribution >= 0.6 is 0 Å². The van der Waals surface area contributed by atoms with Gasteiger partial charge in [0.25, 0.3) is 5.91 Å². The van der Waals surface area contributed by atoms with Crippen LogP contribution in [-0.4, -0.2) is 65.2 Å². The number of hydrogen-bond acceptors (Lipinski definition) is 5. The highest BCUT2D eigenvalue weighted by molar-refractivity contribution is 5.99. The molecule has 35 heavy (non-hydrogen) atoms. The maximum Gasteiger partial charge on any atom is 0.253 e. The number of likely N-dealkylation sites (tertiary alicyclic amines) is 1. The minimum Gasteiger partial charge on any atom is -0.391 e. The molecule has 2 aromatic carbocycles. The number of fused-ring (bicyclic) bond motifs is 1. The molecule has 0 spiro atoms. The van der Waals surface area contributed by atoms with Crippen LogP contribution in [0.3, 0.4) is 0 Å². The Labute approximate surface area is 207 Å². The third kappa shape index (κ3) is 5.74. The summed E-state index contributed by atoms with van der Waals surface area (Å²) in [6.45, 7) is 6.64. The number of amides is 2. The minimum atomic E-state index is -0.428. The first-order valence-electron chi connectivity index (χ1n) is 12.6. The number of aliphatic hydroxyl groups excluding tert-OH is 1. The monoisotopic (exact) mass is 476 g/mol. The Morgan fingerprint density at radius 2 is 1.77 bits per heavy atom. The number of hydrogen-bond donors (Lipinski definition) is 3. The van der Waals surface area contributed by atoms with Crippen LogP contribution in [0.5, 0.6) is 0 Å². The van der Waals surface area contributed by atoms with Gasteiger partial charge in [-0.05, 0) is 60.2 Å². The van der Waals surface area contributed by atoms with Crippen LogP contribution in [0.15, 0.2) is 48.0 Å². The lowest BCUT2D eigenvalue weighted by molar-refractivity contribution is -0.127. The third-order valence-electron chi connectivity index (χ3n) is 6.63. The number of anilines is 1. The van der Waals surface area contributed by atoms with E-state index in [1.54, 1.807) is 4.90 Å². The second kappa shape index (κ2) is 11.1. The van der Waals surface area contributed by atoms with Gasteiger partial charge in [0.1, 0.15) is 0 Å². The maximum atomic E-state index is 13.2. The molecule has 2 heterocycles. The molecule has 7 nitrogen and oxygen atoms in total. The second-order valence-corrected chi connectivity index (χ2v) is 9.49. The Balaban J connectivity index is 1.55. The predicted octanol–water partition coefficient (Wildman–Crippen LogP) is 3.69. The van der Waals surface area contributed by atoms with Gasteiger partial charge in [-0.2, -0.15) is 0 Å². The molecule has 2 atom stereocenters. The lowest BCUT2D eigenvalue weighted by Gasteiger charge is -2.23. The Kier molecular flexibility index (Phi) is 7.88. The van der Waals surface area contributed by atoms with E-state index in [9.17, 15) is 14.7 Å². The number of β-amino-alcohol motifs (C(OH)–C–C–N with tert-alkyl or cyclic N) is 1. The largest absolute Gasteiger partial charge is 0.391 e. The maximum absolute atomic E-state index is 13.2. The Bertz CT molecular complexity index is 1090. The van der Waals surface area contributed by atoms with Crippen LogP contribution in [0.25, 0.3) is 17.2 Å². The summed E-state index contributed by atoms with van der Waals surface area (Å²) in [5.74, 6) is 0.0128. The van der Waals surface area contributed by atoms with Crippen LogP contribution in [-0.2, 0) is 4.79 Å². The lowest BCUT2D eigenvalue weighted by Crippen LogP contribution is -2.36. The van der Waals surface area contributed by atoms with Gasteiger partial charge in [-0.25, -0.2) is 0 Å². The average Bonchev–Trinajstić information content (AvgIpc) is 3.21. The van der Waals surface area contributed by atoms with E-state index in [2.05, 4.69) is 19.2 Å². The number of rotatable bonds is 7. The highest BCUT2D eigenvalue weighted by Crippen LogP contribution is 2.31. The summed E-state index contributed by atoms with van der Waals surface area (Å²) in [6.07, 6.45) is 4.12. The summed E-state index contributed by atoms with van der Waals surface area (Å²) < 4.78 is 0. The average molecular weight is 477 g/mol. The summed E-state index contributed by atoms with van der Waals surface area (Å²) in [5, 5.41) is 13.1. The van der Waals surface area contributed by atoms with Gasteiger partial charge in [0, 0.05) is 49.4 Å². The van der Waals surface area contributed by atoms with Crippen molar-refractivity contribution in [3.63, 3.8) is 0 Å². The van der Waals surface area contributed by atoms with Crippen molar-refractivity contribution in [3.05, 3.63) is 59.2 Å². The zero-order chi connectivity index (χ0) is 24.9. The van der Waals surface area contributed by atoms with E-state index >= 15 is 0 Å². The van der Waals surface area contributed by atoms with Gasteiger partial charge in [-0.3, -0.25) is 9.59 Å². The number of nitrogens with one attached hydrogen (secondary N) is 1. The van der Waals surface area contributed by atoms with Crippen LogP contribution < -0.4 is 11.1 Å². The standard InChI is InChI=1S/C28H36N4O3/c1-3-12-31(13-4-2)28(35)23-15-22-10-9-21(16-25(22)30-26(29)17-23)19-5-7-20(8-6-19)27(34)32-14-11-24(33)18-32/h5-10,15-16,24,26,30,33H,3-4,11-14,17-18,29H2,1-2H3/t24-,26?/m1/s1. The molecule has 1 fully saturated rings. The van der Waals surface area contributed by atoms with Crippen molar-refractivity contribution in [2.45, 2.75) is 51.8 Å². The highest BCUT2D eigenvalue weighted by atomic mass is 16.3. The number of nitrogens with two attached hydrogens (primary N) is 1. The van der Waals surface area contributed by atoms with Gasteiger partial charge in [-0.1, -0.05) is 38.1 Å². The summed E-state index contributed by atoms with van der Waals surface area (Å²) in [7, 11) is 0. The highest BCUT2D eigenvalue weighted by Gasteiger charge is 2.26. The van der Waals surface area contributed by atoms with Gasteiger partial charge in [-0.15, -0.1) is 0 Å². The van der Waals surface area contributed by atoms with Crippen molar-refractivity contribution in [3.8, 4) is 11.1 Å². The first-order valence-corrected chi connectivity index (χ1v) is 12.6. The first-order chi connectivity index (χ1) is 16.9. The molecule has 2 aromatic rings. The summed E-state index contributed by atoms with van der Waals surface area (Å²) >= 11 is 0. The first kappa shape index (κ1) is 24.9. The molecule has 4 N–H and O–H groups in total. The molecule has 1 saturated heterocycles. The van der Waals surface area contributed by atoms with Crippen LogP contribution in [0.1, 0.15) is 55.5 Å². The predicted molar refractivity (Wildman–Crippen MR) is 140 cm³/mol. The normalized spacial score (nSPS) is 19.4. The lowest BCUT2D eigenvalue weighted by atomic mass is 10.00. The van der Waals surface area contributed by atoms with Gasteiger partial charge in [0.05, 0.1) is 12.3 Å². The van der Waals surface area contributed by atoms with Crippen molar-refractivity contribution < 1.29 is 14.7 Å². The number of benzene rings is 2. The Morgan fingerprint density at radius 1 is 1.09 bits per heavy atom. The molecule has 0 aromatic heterocycles. The van der Waals surface area contributed by atoms with Gasteiger partial charge in [0.2, 0.25) is 5.91 Å². The zero-order valence-corrected chi connectivity index (χ0v) is 20.7. The number of carbonyl (C=O) groups is 2. The smallest absolute Gasteiger partial charge is 0.253 e. The fourth-order valence-corrected chi connectivity index (χ4v) is 4.84. The molecule has 7 heteroatoms. The molecule has 2 amide bonds. The number of nitrogens with zero attached hydrogens (tertiary/aromatic N) is 2. The van der Waals surface area contributed by atoms with Crippen molar-refractivity contribution in [2.24, 2.45) is 5.73 Å². The van der Waals surface area contributed by atoms with E-state index in [0.717, 1.165) is 53.9 Å². The van der Waals surface area contributed by atoms with Gasteiger partial charge < -0.3 is 26.0 Å². The van der Waals surface area contributed by atoms with Crippen LogP contribution in [0.2, 0.25) is 0 Å². The Morgan fingerprint density at radius 3 is 2.40 bits per heavy atom. The Hall–Kier alpha value is -3.16. The quantitative estimate of drug-likeness (QED) is 0.566. The molecule has 0 bridgehead atoms. The topological polar surface area (TPSA) is 98.9 Å². The minimum absolute atomic E-state index is 0.0507. The summed E-state index contributed by atoms with van der Waals surface area (Å²) in [5.41, 5.74) is 11.5. The molecule has 1 unspecified atom stereocenters. The van der Waals surface area contributed by atoms with E-state index in [1.165, 1.54) is 0 Å². The second-order valence-electron chi connectivity index (χ2n) is 9.49. The molecular weight excluding hydrogens is 440 g/mol. The molecule has 186 valence electrons. The van der Waals surface area contributed by atoms with Crippen molar-refractivity contribution in [1.29, 1.82) is 0 Å². The fourth-order valence-electron chi connectivity index (χ4n) is 4.84. The third-order valence-corrected chi connectivity index (χ3v) is 6.63. The fraction of sp³-hybridized carbons (Fsp3) is 0.429. The van der Waals surface area contributed by atoms with E-state index in [1.807, 2.05) is 53.4 Å². The number of carbonyl (C=O) groups excluding carboxylic acids is 2. The van der Waals surface area contributed by atoms with Crippen LogP contribution in [0.4, 0.5) is 5.69 Å². The molecule has 0 aliphatic carbocycles. The van der Waals surface area contributed by atoms with E-state index in [0.29, 0.717) is 31.5 Å². The van der Waals surface area contributed by atoms with Gasteiger partial charge in [0.15, 0.2) is 0 Å². The van der Waals surface area contributed by atoms with Crippen molar-refractivity contribution in [2.75, 3.05) is 31.5 Å². The van der Waals surface area contributed by atoms with E-state index in [4.69, 9.17) is 5.73 Å². The summed E-state index contributed by atoms with van der Waals surface area (Å²) in [4.78, 5) is 29.5.